The molecule has 2 aromatic heterocycles. The summed E-state index contributed by atoms with van der Waals surface area (Å²) in [5, 5.41) is 10.2. The van der Waals surface area contributed by atoms with Crippen molar-refractivity contribution in [2.45, 2.75) is 10.1 Å². The number of carbonyl (C=O) groups excluding carboxylic acids is 3. The van der Waals surface area contributed by atoms with Crippen molar-refractivity contribution in [3.05, 3.63) is 143 Å². The van der Waals surface area contributed by atoms with E-state index in [-0.39, 0.29) is 11.6 Å². The molecule has 3 aromatic carbocycles. The molecule has 0 aliphatic rings. The fourth-order valence-corrected chi connectivity index (χ4v) is 5.52. The number of anilines is 2. The van der Waals surface area contributed by atoms with Crippen LogP contribution in [0.5, 0.6) is 0 Å². The van der Waals surface area contributed by atoms with Crippen LogP contribution >= 0.6 is 23.1 Å². The summed E-state index contributed by atoms with van der Waals surface area (Å²) in [5.74, 6) is -1.13. The van der Waals surface area contributed by atoms with Gasteiger partial charge in [-0.3, -0.25) is 19.4 Å². The second-order valence-electron chi connectivity index (χ2n) is 8.88. The molecule has 8 nitrogen and oxygen atoms in total. The number of thiazole rings is 1. The summed E-state index contributed by atoms with van der Waals surface area (Å²) in [5.41, 5.74) is 2.46. The molecule has 42 heavy (non-hydrogen) atoms. The molecule has 0 bridgehead atoms. The normalized spacial score (nSPS) is 11.8. The number of amides is 3. The molecule has 5 aromatic rings. The first-order chi connectivity index (χ1) is 20.5. The average molecular weight is 592 g/mol. The van der Waals surface area contributed by atoms with E-state index in [4.69, 9.17) is 0 Å². The molecule has 0 aliphatic heterocycles. The summed E-state index contributed by atoms with van der Waals surface area (Å²) in [7, 11) is 0. The SMILES string of the molecule is O=C(Nc1cccc(SC(C(=O)Nc2nccs2)c2ccccc2)c1)/C(=C/c1cccnc1)NC(=O)c1ccccc1. The number of carbonyl (C=O) groups is 3. The van der Waals surface area contributed by atoms with E-state index in [1.54, 1.807) is 84.6 Å². The third kappa shape index (κ3) is 7.78. The van der Waals surface area contributed by atoms with Crippen molar-refractivity contribution in [3.8, 4) is 0 Å². The number of hydrogen-bond donors (Lipinski definition) is 3. The summed E-state index contributed by atoms with van der Waals surface area (Å²) in [6, 6.07) is 28.9. The smallest absolute Gasteiger partial charge is 0.272 e. The highest BCUT2D eigenvalue weighted by Crippen LogP contribution is 2.37. The van der Waals surface area contributed by atoms with E-state index < -0.39 is 17.1 Å². The van der Waals surface area contributed by atoms with Crippen LogP contribution in [0.15, 0.2) is 132 Å². The molecule has 0 aliphatic carbocycles. The van der Waals surface area contributed by atoms with E-state index >= 15 is 0 Å². The fourth-order valence-electron chi connectivity index (χ4n) is 3.91. The number of benzene rings is 3. The zero-order valence-corrected chi connectivity index (χ0v) is 23.8. The van der Waals surface area contributed by atoms with E-state index in [1.807, 2.05) is 42.5 Å². The monoisotopic (exact) mass is 591 g/mol. The molecule has 5 rings (SSSR count). The van der Waals surface area contributed by atoms with Gasteiger partial charge in [-0.2, -0.15) is 0 Å². The molecule has 3 amide bonds. The lowest BCUT2D eigenvalue weighted by Gasteiger charge is -2.17. The molecular formula is C32H25N5O3S2. The van der Waals surface area contributed by atoms with Crippen LogP contribution < -0.4 is 16.0 Å². The molecule has 0 spiro atoms. The van der Waals surface area contributed by atoms with E-state index in [9.17, 15) is 14.4 Å². The number of pyridine rings is 1. The standard InChI is InChI=1S/C32H25N5O3S2/c38-29(24-12-5-2-6-13-24)36-27(19-22-9-8-16-33-21-22)30(39)35-25-14-7-15-26(20-25)42-28(23-10-3-1-4-11-23)31(40)37-32-34-17-18-41-32/h1-21,28H,(H,35,39)(H,36,38)(H,34,37,40)/b27-19-. The summed E-state index contributed by atoms with van der Waals surface area (Å²) in [6.07, 6.45) is 6.43. The van der Waals surface area contributed by atoms with Gasteiger partial charge in [-0.15, -0.1) is 23.1 Å². The Balaban J connectivity index is 1.36. The molecular weight excluding hydrogens is 567 g/mol. The lowest BCUT2D eigenvalue weighted by Crippen LogP contribution is -2.30. The van der Waals surface area contributed by atoms with Crippen LogP contribution in [0.2, 0.25) is 0 Å². The van der Waals surface area contributed by atoms with Crippen molar-refractivity contribution >= 4 is 57.7 Å². The van der Waals surface area contributed by atoms with Gasteiger partial charge in [-0.1, -0.05) is 60.7 Å². The Morgan fingerprint density at radius 2 is 1.62 bits per heavy atom. The van der Waals surface area contributed by atoms with Gasteiger partial charge in [-0.25, -0.2) is 4.98 Å². The quantitative estimate of drug-likeness (QED) is 0.128. The first-order valence-corrected chi connectivity index (χ1v) is 14.6. The van der Waals surface area contributed by atoms with Crippen LogP contribution in [0.3, 0.4) is 0 Å². The van der Waals surface area contributed by atoms with Crippen molar-refractivity contribution in [1.29, 1.82) is 0 Å². The lowest BCUT2D eigenvalue weighted by molar-refractivity contribution is -0.116. The minimum atomic E-state index is -0.563. The molecule has 0 saturated heterocycles. The van der Waals surface area contributed by atoms with Crippen molar-refractivity contribution in [1.82, 2.24) is 15.3 Å². The maximum absolute atomic E-state index is 13.4. The third-order valence-electron chi connectivity index (χ3n) is 5.87. The van der Waals surface area contributed by atoms with Crippen LogP contribution in [0.1, 0.15) is 26.7 Å². The van der Waals surface area contributed by atoms with E-state index in [0.717, 1.165) is 10.5 Å². The Morgan fingerprint density at radius 1 is 0.833 bits per heavy atom. The molecule has 0 saturated carbocycles. The van der Waals surface area contributed by atoms with Gasteiger partial charge in [0.05, 0.1) is 0 Å². The fraction of sp³-hybridized carbons (Fsp3) is 0.0312. The zero-order chi connectivity index (χ0) is 29.1. The molecule has 3 N–H and O–H groups in total. The third-order valence-corrected chi connectivity index (χ3v) is 7.81. The first kappa shape index (κ1) is 28.5. The van der Waals surface area contributed by atoms with Gasteiger partial charge in [0.15, 0.2) is 5.13 Å². The molecule has 1 unspecified atom stereocenters. The number of hydrogen-bond acceptors (Lipinski definition) is 7. The van der Waals surface area contributed by atoms with Gasteiger partial charge in [0.1, 0.15) is 10.9 Å². The predicted molar refractivity (Wildman–Crippen MR) is 167 cm³/mol. The molecule has 208 valence electrons. The second kappa shape index (κ2) is 14.0. The predicted octanol–water partition coefficient (Wildman–Crippen LogP) is 6.42. The van der Waals surface area contributed by atoms with E-state index in [2.05, 4.69) is 25.9 Å². The molecule has 10 heteroatoms. The Labute approximate surface area is 250 Å². The van der Waals surface area contributed by atoms with Crippen molar-refractivity contribution in [3.63, 3.8) is 0 Å². The van der Waals surface area contributed by atoms with E-state index in [0.29, 0.717) is 21.9 Å². The average Bonchev–Trinajstić information content (AvgIpc) is 3.54. The Hall–Kier alpha value is -5.06. The van der Waals surface area contributed by atoms with Gasteiger partial charge in [0.25, 0.3) is 11.8 Å². The van der Waals surface area contributed by atoms with Crippen LogP contribution in [0, 0.1) is 0 Å². The van der Waals surface area contributed by atoms with Crippen molar-refractivity contribution < 1.29 is 14.4 Å². The molecule has 0 fully saturated rings. The maximum Gasteiger partial charge on any atom is 0.272 e. The van der Waals surface area contributed by atoms with E-state index in [1.165, 1.54) is 23.1 Å². The molecule has 1 atom stereocenters. The number of nitrogens with zero attached hydrogens (tertiary/aromatic N) is 2. The van der Waals surface area contributed by atoms with Crippen LogP contribution in [0.25, 0.3) is 6.08 Å². The maximum atomic E-state index is 13.4. The van der Waals surface area contributed by atoms with Gasteiger partial charge >= 0.3 is 0 Å². The first-order valence-electron chi connectivity index (χ1n) is 12.9. The zero-order valence-electron chi connectivity index (χ0n) is 22.1. The summed E-state index contributed by atoms with van der Waals surface area (Å²) in [6.45, 7) is 0. The Bertz CT molecular complexity index is 1680. The van der Waals surface area contributed by atoms with Gasteiger partial charge in [0, 0.05) is 40.1 Å². The van der Waals surface area contributed by atoms with Crippen molar-refractivity contribution in [2.24, 2.45) is 0 Å². The summed E-state index contributed by atoms with van der Waals surface area (Å²) < 4.78 is 0. The van der Waals surface area contributed by atoms with Gasteiger partial charge in [0.2, 0.25) is 5.91 Å². The minimum absolute atomic E-state index is 0.0555. The number of nitrogens with one attached hydrogen (secondary N) is 3. The molecule has 2 heterocycles. The van der Waals surface area contributed by atoms with Gasteiger partial charge < -0.3 is 16.0 Å². The number of rotatable bonds is 10. The highest BCUT2D eigenvalue weighted by Gasteiger charge is 2.23. The Morgan fingerprint density at radius 3 is 2.33 bits per heavy atom. The largest absolute Gasteiger partial charge is 0.321 e. The summed E-state index contributed by atoms with van der Waals surface area (Å²) >= 11 is 2.70. The lowest BCUT2D eigenvalue weighted by atomic mass is 10.1. The van der Waals surface area contributed by atoms with Crippen LogP contribution in [0.4, 0.5) is 10.8 Å². The highest BCUT2D eigenvalue weighted by molar-refractivity contribution is 8.00. The highest BCUT2D eigenvalue weighted by atomic mass is 32.2. The topological polar surface area (TPSA) is 113 Å². The van der Waals surface area contributed by atoms with Crippen molar-refractivity contribution in [2.75, 3.05) is 10.6 Å². The van der Waals surface area contributed by atoms with Gasteiger partial charge in [-0.05, 0) is 53.6 Å². The van der Waals surface area contributed by atoms with Crippen LogP contribution in [-0.2, 0) is 9.59 Å². The second-order valence-corrected chi connectivity index (χ2v) is 11.0. The summed E-state index contributed by atoms with van der Waals surface area (Å²) in [4.78, 5) is 48.6. The minimum Gasteiger partial charge on any atom is -0.321 e. The van der Waals surface area contributed by atoms with Crippen LogP contribution in [-0.4, -0.2) is 27.7 Å². The Kier molecular flexibility index (Phi) is 9.50. The molecule has 0 radical (unpaired) electrons. The number of thioether (sulfide) groups is 1. The number of aromatic nitrogens is 2.